The zero-order valence-corrected chi connectivity index (χ0v) is 20.7. The normalized spacial score (nSPS) is 14.9. The average Bonchev–Trinajstić information content (AvgIpc) is 2.83. The van der Waals surface area contributed by atoms with Crippen molar-refractivity contribution in [3.05, 3.63) is 50.7 Å². The number of H-pyrrole nitrogens is 1. The van der Waals surface area contributed by atoms with Crippen LogP contribution < -0.4 is 21.9 Å². The first-order valence-electron chi connectivity index (χ1n) is 11.6. The zero-order chi connectivity index (χ0) is 25.0. The molecule has 1 aromatic heterocycles. The van der Waals surface area contributed by atoms with Crippen LogP contribution in [0.3, 0.4) is 0 Å². The molecule has 0 radical (unpaired) electrons. The Bertz CT molecular complexity index is 1260. The van der Waals surface area contributed by atoms with Gasteiger partial charge in [0.2, 0.25) is 10.0 Å². The molecule has 0 atom stereocenters. The predicted molar refractivity (Wildman–Crippen MR) is 132 cm³/mol. The number of anilines is 2. The number of unbranched alkanes of at least 4 members (excludes halogenated alkanes) is 1. The third-order valence-electron chi connectivity index (χ3n) is 6.44. The molecular weight excluding hydrogens is 458 g/mol. The molecule has 11 heteroatoms. The molecule has 1 fully saturated rings. The number of nitrogens with zero attached hydrogens (tertiary/aromatic N) is 3. The van der Waals surface area contributed by atoms with Gasteiger partial charge in [0.05, 0.1) is 4.90 Å². The lowest BCUT2D eigenvalue weighted by Crippen LogP contribution is -2.39. The Morgan fingerprint density at radius 3 is 2.50 bits per heavy atom. The van der Waals surface area contributed by atoms with Crippen LogP contribution in [0.25, 0.3) is 0 Å². The number of nitrogens with one attached hydrogen (secondary N) is 1. The molecule has 3 rings (SSSR count). The van der Waals surface area contributed by atoms with Gasteiger partial charge in [-0.25, -0.2) is 13.2 Å². The maximum Gasteiger partial charge on any atom is 0.330 e. The lowest BCUT2D eigenvalue weighted by atomic mass is 9.96. The SMILES string of the molecule is CCCCn1c(N)c(N(C)C(=O)c2cccc(S(=O)(=O)N(C)C3CCCCC3)c2)c(=O)[nH]c1=O. The summed E-state index contributed by atoms with van der Waals surface area (Å²) in [5.41, 5.74) is 4.62. The Kier molecular flexibility index (Phi) is 7.98. The first kappa shape index (κ1) is 25.7. The number of rotatable bonds is 8. The molecule has 1 aromatic carbocycles. The van der Waals surface area contributed by atoms with Crippen LogP contribution >= 0.6 is 0 Å². The van der Waals surface area contributed by atoms with Crippen LogP contribution in [0.2, 0.25) is 0 Å². The smallest absolute Gasteiger partial charge is 0.330 e. The van der Waals surface area contributed by atoms with Gasteiger partial charge in [-0.2, -0.15) is 4.31 Å². The third-order valence-corrected chi connectivity index (χ3v) is 8.34. The molecule has 3 N–H and O–H groups in total. The molecule has 1 aliphatic carbocycles. The number of hydrogen-bond donors (Lipinski definition) is 2. The van der Waals surface area contributed by atoms with Crippen LogP contribution in [0.15, 0.2) is 38.8 Å². The molecule has 2 aromatic rings. The van der Waals surface area contributed by atoms with Gasteiger partial charge in [0.1, 0.15) is 5.82 Å². The molecule has 0 spiro atoms. The van der Waals surface area contributed by atoms with Crippen LogP contribution in [0.4, 0.5) is 11.5 Å². The van der Waals surface area contributed by atoms with E-state index < -0.39 is 27.2 Å². The van der Waals surface area contributed by atoms with Crippen molar-refractivity contribution in [2.75, 3.05) is 24.7 Å². The fraction of sp³-hybridized carbons (Fsp3) is 0.522. The molecular formula is C23H33N5O5S. The summed E-state index contributed by atoms with van der Waals surface area (Å²) >= 11 is 0. The van der Waals surface area contributed by atoms with Gasteiger partial charge in [0.25, 0.3) is 11.5 Å². The summed E-state index contributed by atoms with van der Waals surface area (Å²) in [7, 11) is -0.856. The van der Waals surface area contributed by atoms with Crippen molar-refractivity contribution in [2.24, 2.45) is 0 Å². The average molecular weight is 492 g/mol. The number of amides is 1. The van der Waals surface area contributed by atoms with E-state index in [-0.39, 0.29) is 28.0 Å². The van der Waals surface area contributed by atoms with Crippen molar-refractivity contribution < 1.29 is 13.2 Å². The monoisotopic (exact) mass is 491 g/mol. The minimum Gasteiger partial charge on any atom is -0.383 e. The van der Waals surface area contributed by atoms with E-state index in [2.05, 4.69) is 4.98 Å². The number of nitrogens with two attached hydrogens (primary N) is 1. The summed E-state index contributed by atoms with van der Waals surface area (Å²) in [6, 6.07) is 5.68. The second kappa shape index (κ2) is 10.6. The maximum absolute atomic E-state index is 13.2. The number of benzene rings is 1. The van der Waals surface area contributed by atoms with E-state index in [1.807, 2.05) is 6.92 Å². The molecule has 1 heterocycles. The van der Waals surface area contributed by atoms with E-state index in [4.69, 9.17) is 5.73 Å². The van der Waals surface area contributed by atoms with E-state index >= 15 is 0 Å². The van der Waals surface area contributed by atoms with Gasteiger partial charge in [-0.05, 0) is 37.5 Å². The van der Waals surface area contributed by atoms with Crippen molar-refractivity contribution >= 4 is 27.4 Å². The Labute approximate surface area is 199 Å². The van der Waals surface area contributed by atoms with Gasteiger partial charge in [-0.15, -0.1) is 0 Å². The summed E-state index contributed by atoms with van der Waals surface area (Å²) in [4.78, 5) is 41.2. The van der Waals surface area contributed by atoms with Crippen molar-refractivity contribution in [2.45, 2.75) is 69.4 Å². The molecule has 0 unspecified atom stereocenters. The number of carbonyl (C=O) groups is 1. The predicted octanol–water partition coefficient (Wildman–Crippen LogP) is 2.15. The molecule has 0 bridgehead atoms. The summed E-state index contributed by atoms with van der Waals surface area (Å²) in [5.74, 6) is -0.728. The molecule has 186 valence electrons. The second-order valence-corrected chi connectivity index (χ2v) is 10.7. The second-order valence-electron chi connectivity index (χ2n) is 8.70. The minimum absolute atomic E-state index is 0.00891. The maximum atomic E-state index is 13.2. The van der Waals surface area contributed by atoms with Crippen LogP contribution in [0.1, 0.15) is 62.2 Å². The molecule has 0 saturated heterocycles. The van der Waals surface area contributed by atoms with Gasteiger partial charge in [-0.3, -0.25) is 19.1 Å². The number of aromatic nitrogens is 2. The Hall–Kier alpha value is -2.92. The largest absolute Gasteiger partial charge is 0.383 e. The summed E-state index contributed by atoms with van der Waals surface area (Å²) in [6.45, 7) is 2.25. The zero-order valence-electron chi connectivity index (χ0n) is 19.9. The fourth-order valence-electron chi connectivity index (χ4n) is 4.33. The summed E-state index contributed by atoms with van der Waals surface area (Å²) in [6.07, 6.45) is 6.19. The Morgan fingerprint density at radius 2 is 1.85 bits per heavy atom. The number of nitrogen functional groups attached to an aromatic ring is 1. The van der Waals surface area contributed by atoms with Crippen molar-refractivity contribution in [1.82, 2.24) is 13.9 Å². The highest BCUT2D eigenvalue weighted by atomic mass is 32.2. The number of aromatic amines is 1. The molecule has 1 aliphatic rings. The topological polar surface area (TPSA) is 139 Å². The van der Waals surface area contributed by atoms with Crippen molar-refractivity contribution in [3.8, 4) is 0 Å². The van der Waals surface area contributed by atoms with Crippen molar-refractivity contribution in [3.63, 3.8) is 0 Å². The van der Waals surface area contributed by atoms with Crippen LogP contribution in [-0.4, -0.2) is 48.3 Å². The van der Waals surface area contributed by atoms with Crippen LogP contribution in [-0.2, 0) is 16.6 Å². The highest BCUT2D eigenvalue weighted by Gasteiger charge is 2.30. The van der Waals surface area contributed by atoms with Gasteiger partial charge >= 0.3 is 5.69 Å². The molecule has 34 heavy (non-hydrogen) atoms. The van der Waals surface area contributed by atoms with Crippen molar-refractivity contribution in [1.29, 1.82) is 0 Å². The quantitative estimate of drug-likeness (QED) is 0.580. The number of sulfonamides is 1. The fourth-order valence-corrected chi connectivity index (χ4v) is 5.79. The van der Waals surface area contributed by atoms with E-state index in [1.165, 1.54) is 40.2 Å². The van der Waals surface area contributed by atoms with Gasteiger partial charge < -0.3 is 10.6 Å². The van der Waals surface area contributed by atoms with Crippen LogP contribution in [0.5, 0.6) is 0 Å². The van der Waals surface area contributed by atoms with Gasteiger partial charge in [0, 0.05) is 32.2 Å². The van der Waals surface area contributed by atoms with E-state index in [9.17, 15) is 22.8 Å². The molecule has 1 saturated carbocycles. The van der Waals surface area contributed by atoms with E-state index in [1.54, 1.807) is 7.05 Å². The highest BCUT2D eigenvalue weighted by molar-refractivity contribution is 7.89. The molecule has 10 nitrogen and oxygen atoms in total. The standard InChI is InChI=1S/C23H33N5O5S/c1-4-5-14-28-20(24)19(21(29)25-23(28)31)26(2)22(30)16-10-9-13-18(15-16)34(32,33)27(3)17-11-7-6-8-12-17/h9-10,13,15,17H,4-8,11-12,14,24H2,1-3H3,(H,25,29,31). The van der Waals surface area contributed by atoms with Crippen LogP contribution in [0, 0.1) is 0 Å². The Morgan fingerprint density at radius 1 is 1.18 bits per heavy atom. The highest BCUT2D eigenvalue weighted by Crippen LogP contribution is 2.27. The molecule has 1 amide bonds. The first-order chi connectivity index (χ1) is 16.1. The lowest BCUT2D eigenvalue weighted by Gasteiger charge is -2.30. The first-order valence-corrected chi connectivity index (χ1v) is 13.0. The minimum atomic E-state index is -3.80. The summed E-state index contributed by atoms with van der Waals surface area (Å²) < 4.78 is 29.1. The van der Waals surface area contributed by atoms with E-state index in [0.717, 1.165) is 43.4 Å². The Balaban J connectivity index is 1.94. The summed E-state index contributed by atoms with van der Waals surface area (Å²) in [5, 5.41) is 0. The van der Waals surface area contributed by atoms with Gasteiger partial charge in [0.15, 0.2) is 5.69 Å². The van der Waals surface area contributed by atoms with Gasteiger partial charge in [-0.1, -0.05) is 38.7 Å². The number of hydrogen-bond acceptors (Lipinski definition) is 6. The van der Waals surface area contributed by atoms with E-state index in [0.29, 0.717) is 13.0 Å². The number of carbonyl (C=O) groups excluding carboxylic acids is 1. The molecule has 0 aliphatic heterocycles. The lowest BCUT2D eigenvalue weighted by molar-refractivity contribution is 0.0992. The third kappa shape index (κ3) is 5.10.